The summed E-state index contributed by atoms with van der Waals surface area (Å²) in [6.45, 7) is 0. The summed E-state index contributed by atoms with van der Waals surface area (Å²) >= 11 is 5.73. The van der Waals surface area contributed by atoms with E-state index < -0.39 is 47.3 Å². The van der Waals surface area contributed by atoms with Gasteiger partial charge in [-0.2, -0.15) is 38.0 Å². The molecule has 113 heavy (non-hydrogen) atoms. The lowest BCUT2D eigenvalue weighted by Gasteiger charge is -2.11. The van der Waals surface area contributed by atoms with E-state index in [4.69, 9.17) is 39.3 Å². The van der Waals surface area contributed by atoms with Crippen LogP contribution in [0.3, 0.4) is 0 Å². The molecular formula is C81H65ClF5N21O5. The third kappa shape index (κ3) is 18.3. The summed E-state index contributed by atoms with van der Waals surface area (Å²) in [5.74, 6) is -3.17. The molecule has 0 fully saturated rings. The molecule has 11 aromatic heterocycles. The zero-order valence-electron chi connectivity index (χ0n) is 60.7. The molecule has 0 aliphatic carbocycles. The highest BCUT2D eigenvalue weighted by Gasteiger charge is 2.34. The number of hydrogen-bond acceptors (Lipinski definition) is 18. The molecule has 26 nitrogen and oxygen atoms in total. The fraction of sp³-hybridized carbons (Fsp3) is 0.123. The van der Waals surface area contributed by atoms with Crippen LogP contribution >= 0.6 is 11.6 Å². The number of benzene rings is 5. The van der Waals surface area contributed by atoms with Gasteiger partial charge in [-0.25, -0.2) is 49.2 Å². The van der Waals surface area contributed by atoms with Crippen LogP contribution in [0.1, 0.15) is 92.0 Å². The number of primary amides is 4. The fourth-order valence-electron chi connectivity index (χ4n) is 12.6. The minimum absolute atomic E-state index is 0.0599. The first-order chi connectivity index (χ1) is 54.1. The van der Waals surface area contributed by atoms with Crippen LogP contribution in [0.2, 0.25) is 5.28 Å². The molecule has 0 atom stereocenters. The maximum atomic E-state index is 13.6. The van der Waals surface area contributed by atoms with E-state index in [1.165, 1.54) is 18.5 Å². The van der Waals surface area contributed by atoms with Crippen LogP contribution in [-0.2, 0) is 60.1 Å². The Morgan fingerprint density at radius 3 is 0.965 bits per heavy atom. The number of nitrogens with two attached hydrogens (primary N) is 4. The lowest BCUT2D eigenvalue weighted by atomic mass is 9.98. The number of carbonyl (C=O) groups is 4. The van der Waals surface area contributed by atoms with Crippen molar-refractivity contribution in [1.82, 2.24) is 84.0 Å². The maximum absolute atomic E-state index is 13.6. The molecule has 0 aliphatic heterocycles. The third-order valence-corrected chi connectivity index (χ3v) is 18.1. The highest BCUT2D eigenvalue weighted by molar-refractivity contribution is 6.28. The number of nitrogens with zero attached hydrogens (tertiary/aromatic N) is 17. The lowest BCUT2D eigenvalue weighted by Crippen LogP contribution is -2.13. The van der Waals surface area contributed by atoms with E-state index in [-0.39, 0.29) is 34.5 Å². The third-order valence-electron chi connectivity index (χ3n) is 17.9. The van der Waals surface area contributed by atoms with Crippen LogP contribution in [0.25, 0.3) is 88.1 Å². The first-order valence-corrected chi connectivity index (χ1v) is 34.7. The molecule has 5 aromatic carbocycles. The monoisotopic (exact) mass is 1540 g/mol. The molecule has 4 amide bonds. The van der Waals surface area contributed by atoms with Crippen LogP contribution in [0.15, 0.2) is 208 Å². The van der Waals surface area contributed by atoms with Gasteiger partial charge in [0.15, 0.2) is 0 Å². The molecule has 0 radical (unpaired) electrons. The van der Waals surface area contributed by atoms with Crippen molar-refractivity contribution >= 4 is 78.8 Å². The zero-order valence-corrected chi connectivity index (χ0v) is 61.4. The molecule has 0 unspecified atom stereocenters. The van der Waals surface area contributed by atoms with Crippen LogP contribution < -0.4 is 27.7 Å². The summed E-state index contributed by atoms with van der Waals surface area (Å²) < 4.78 is 77.3. The molecule has 11 heterocycles. The predicted octanol–water partition coefficient (Wildman–Crippen LogP) is 12.2. The van der Waals surface area contributed by atoms with Crippen molar-refractivity contribution in [3.63, 3.8) is 0 Å². The van der Waals surface area contributed by atoms with E-state index in [1.54, 1.807) is 125 Å². The average molecular weight is 1540 g/mol. The Kier molecular flexibility index (Phi) is 22.2. The van der Waals surface area contributed by atoms with Gasteiger partial charge < -0.3 is 27.7 Å². The summed E-state index contributed by atoms with van der Waals surface area (Å²) in [5.41, 5.74) is 37.2. The number of aromatic nitrogens is 17. The number of fused-ring (bicyclic) bond motifs is 4. The Hall–Kier alpha value is -14.5. The highest BCUT2D eigenvalue weighted by atomic mass is 35.5. The number of halogens is 6. The van der Waals surface area contributed by atoms with Gasteiger partial charge in [0.1, 0.15) is 28.6 Å². The van der Waals surface area contributed by atoms with Crippen molar-refractivity contribution in [2.45, 2.75) is 31.9 Å². The van der Waals surface area contributed by atoms with E-state index in [9.17, 15) is 41.1 Å². The number of amides is 4. The molecule has 0 saturated heterocycles. The number of rotatable bonds is 17. The van der Waals surface area contributed by atoms with Crippen molar-refractivity contribution < 1.29 is 45.9 Å². The van der Waals surface area contributed by atoms with Crippen molar-refractivity contribution in [2.24, 2.45) is 51.1 Å². The second-order valence-corrected chi connectivity index (χ2v) is 26.5. The molecule has 0 saturated carbocycles. The van der Waals surface area contributed by atoms with Crippen LogP contribution in [0, 0.1) is 11.9 Å². The number of hydrogen-bond donors (Lipinski definition) is 4. The number of pyridine rings is 5. The zero-order chi connectivity index (χ0) is 79.9. The number of ether oxygens (including phenoxy) is 1. The van der Waals surface area contributed by atoms with Gasteiger partial charge in [0.25, 0.3) is 23.6 Å². The topological polar surface area (TPSA) is 369 Å². The minimum Gasteiger partial charge on any atom is -0.481 e. The van der Waals surface area contributed by atoms with Gasteiger partial charge in [-0.05, 0) is 152 Å². The number of alkyl halides is 3. The minimum atomic E-state index is -4.78. The Morgan fingerprint density at radius 1 is 0.381 bits per heavy atom. The van der Waals surface area contributed by atoms with Gasteiger partial charge in [0.05, 0.1) is 59.5 Å². The molecule has 0 bridgehead atoms. The SMILES string of the molecule is COc1ccc(Cc2ccc3c(-c4cnn(C)c4)cc(C(N)=O)nc3c2)cn1.Cn1cc(-c2cc(C(N)=O)nc3cc(Cc4ccc(F)c(C(F)(F)F)c4)ccc23)cn1.Cn1cc(-c2cc(C(N)=O)nc3cc(Cc4cnc(Cl)nc4)ccc23)cn1.Cn1cc(-c2cc(C(N)=O)nc3cc(Cc4cnc(F)nc4)ccc23)cn1. The van der Waals surface area contributed by atoms with E-state index in [0.717, 1.165) is 106 Å². The van der Waals surface area contributed by atoms with Gasteiger partial charge >= 0.3 is 12.3 Å². The number of methoxy groups -OCH3 is 1. The van der Waals surface area contributed by atoms with Crippen molar-refractivity contribution in [3.05, 3.63) is 298 Å². The smallest absolute Gasteiger partial charge is 0.419 e. The fourth-order valence-corrected chi connectivity index (χ4v) is 12.7. The lowest BCUT2D eigenvalue weighted by molar-refractivity contribution is -0.140. The Bertz CT molecular complexity index is 6130. The highest BCUT2D eigenvalue weighted by Crippen LogP contribution is 2.36. The summed E-state index contributed by atoms with van der Waals surface area (Å²) in [6.07, 6.45) is 18.8. The molecule has 566 valence electrons. The van der Waals surface area contributed by atoms with E-state index in [2.05, 4.69) is 71.3 Å². The summed E-state index contributed by atoms with van der Waals surface area (Å²) in [6, 6.07) is 36.4. The molecule has 8 N–H and O–H groups in total. The second kappa shape index (κ2) is 32.8. The average Bonchev–Trinajstić information content (AvgIpc) is 1.79. The van der Waals surface area contributed by atoms with Crippen molar-refractivity contribution in [1.29, 1.82) is 0 Å². The number of aryl methyl sites for hydroxylation is 4. The largest absolute Gasteiger partial charge is 0.481 e. The van der Waals surface area contributed by atoms with Gasteiger partial charge in [-0.1, -0.05) is 60.7 Å². The summed E-state index contributed by atoms with van der Waals surface area (Å²) in [4.78, 5) is 84.0. The van der Waals surface area contributed by atoms with Crippen molar-refractivity contribution in [2.75, 3.05) is 7.11 Å². The standard InChI is InChI=1S/C22H16F4N4O.C21H19N5O2.C19H15ClN6O.C19H15FN6O/c1-30-11-14(10-28-30)16-9-20(21(27)31)29-19-8-13(2-4-15(16)19)6-12-3-5-18(23)17(7-12)22(24,25)26;1-26-12-15(11-24-26)17-9-19(21(22)27)25-18-8-13(3-5-16(17)18)7-14-4-6-20(28-2)23-10-14;2*1-26-10-13(9-24-26)15-6-17(18(21)27)25-16-5-11(2-3-14(15)16)4-12-7-22-19(20)23-8-12/h2-5,7-11H,6H2,1H3,(H2,27,31);3-6,8-12H,7H2,1-2H3,(H2,22,27);2*2-3,5-10H,4H2,1H3,(H2,21,27). The number of carbonyl (C=O) groups excluding carboxylic acids is 4. The molecule has 16 rings (SSSR count). The van der Waals surface area contributed by atoms with Crippen LogP contribution in [0.5, 0.6) is 5.88 Å². The molecule has 0 aliphatic rings. The molecule has 32 heteroatoms. The van der Waals surface area contributed by atoms with E-state index in [1.807, 2.05) is 100 Å². The molecule has 16 aromatic rings. The Morgan fingerprint density at radius 2 is 0.673 bits per heavy atom. The normalized spacial score (nSPS) is 11.2. The Labute approximate surface area is 644 Å². The van der Waals surface area contributed by atoms with Gasteiger partial charge in [0.2, 0.25) is 11.2 Å². The van der Waals surface area contributed by atoms with E-state index in [0.29, 0.717) is 63.9 Å². The first-order valence-electron chi connectivity index (χ1n) is 34.3. The van der Waals surface area contributed by atoms with E-state index >= 15 is 0 Å². The summed E-state index contributed by atoms with van der Waals surface area (Å²) in [5, 5.41) is 20.5. The van der Waals surface area contributed by atoms with Crippen molar-refractivity contribution in [3.8, 4) is 50.4 Å². The van der Waals surface area contributed by atoms with Crippen LogP contribution in [-0.4, -0.2) is 115 Å². The second-order valence-electron chi connectivity index (χ2n) is 26.1. The quantitative estimate of drug-likeness (QED) is 0.0486. The van der Waals surface area contributed by atoms with Gasteiger partial charge in [0, 0.05) is 147 Å². The van der Waals surface area contributed by atoms with Gasteiger partial charge in [-0.3, -0.25) is 37.9 Å². The maximum Gasteiger partial charge on any atom is 0.419 e. The predicted molar refractivity (Wildman–Crippen MR) is 412 cm³/mol. The molecule has 0 spiro atoms. The molecular weight excluding hydrogens is 1480 g/mol. The van der Waals surface area contributed by atoms with Crippen LogP contribution in [0.4, 0.5) is 22.0 Å². The van der Waals surface area contributed by atoms with Gasteiger partial charge in [-0.15, -0.1) is 0 Å². The first kappa shape index (κ1) is 76.7. The Balaban J connectivity index is 0.000000132. The summed E-state index contributed by atoms with van der Waals surface area (Å²) in [7, 11) is 8.87.